The van der Waals surface area contributed by atoms with Crippen LogP contribution in [0.3, 0.4) is 0 Å². The van der Waals surface area contributed by atoms with Crippen molar-refractivity contribution >= 4 is 0 Å². The first-order chi connectivity index (χ1) is 8.50. The van der Waals surface area contributed by atoms with Crippen molar-refractivity contribution in [2.24, 2.45) is 11.3 Å². The molecule has 2 heteroatoms. The molecule has 106 valence electrons. The highest BCUT2D eigenvalue weighted by atomic mass is 16.3. The molecule has 0 spiro atoms. The van der Waals surface area contributed by atoms with Gasteiger partial charge in [-0.25, -0.2) is 0 Å². The van der Waals surface area contributed by atoms with Gasteiger partial charge in [0.05, 0.1) is 6.10 Å². The Kier molecular flexibility index (Phi) is 4.71. The molecule has 2 unspecified atom stereocenters. The molecule has 18 heavy (non-hydrogen) atoms. The quantitative estimate of drug-likeness (QED) is 0.833. The molecule has 2 nitrogen and oxygen atoms in total. The van der Waals surface area contributed by atoms with Crippen LogP contribution in [-0.2, 0) is 0 Å². The normalized spacial score (nSPS) is 33.8. The summed E-state index contributed by atoms with van der Waals surface area (Å²) in [4.78, 5) is 2.54. The van der Waals surface area contributed by atoms with E-state index in [-0.39, 0.29) is 11.5 Å². The average molecular weight is 253 g/mol. The smallest absolute Gasteiger partial charge is 0.0631 e. The van der Waals surface area contributed by atoms with Crippen LogP contribution in [0, 0.1) is 11.3 Å². The molecule has 2 rings (SSSR count). The van der Waals surface area contributed by atoms with Crippen LogP contribution in [-0.4, -0.2) is 35.7 Å². The molecule has 0 aromatic carbocycles. The number of aliphatic hydroxyl groups is 1. The van der Waals surface area contributed by atoms with E-state index in [4.69, 9.17) is 0 Å². The van der Waals surface area contributed by atoms with Gasteiger partial charge in [0.2, 0.25) is 0 Å². The van der Waals surface area contributed by atoms with E-state index in [2.05, 4.69) is 25.8 Å². The van der Waals surface area contributed by atoms with Crippen molar-refractivity contribution in [3.05, 3.63) is 0 Å². The van der Waals surface area contributed by atoms with E-state index in [1.807, 2.05) is 0 Å². The predicted molar refractivity (Wildman–Crippen MR) is 76.6 cm³/mol. The number of rotatable bonds is 3. The monoisotopic (exact) mass is 253 g/mol. The Labute approximate surface area is 113 Å². The van der Waals surface area contributed by atoms with Gasteiger partial charge in [-0.1, -0.05) is 39.5 Å². The van der Waals surface area contributed by atoms with Gasteiger partial charge in [-0.3, -0.25) is 0 Å². The second-order valence-corrected chi connectivity index (χ2v) is 7.32. The molecule has 0 radical (unpaired) electrons. The summed E-state index contributed by atoms with van der Waals surface area (Å²) in [6.07, 6.45) is 10.5. The Balaban J connectivity index is 1.87. The van der Waals surface area contributed by atoms with Crippen molar-refractivity contribution in [2.45, 2.75) is 77.4 Å². The molecule has 0 aromatic heterocycles. The standard InChI is InChI=1S/C16H31NO/c1-16(2)11-7-8-13(15(16)18)12-17(3)14-9-5-4-6-10-14/h13-15,18H,4-12H2,1-3H3. The van der Waals surface area contributed by atoms with Crippen molar-refractivity contribution in [1.82, 2.24) is 4.90 Å². The third-order valence-electron chi connectivity index (χ3n) is 5.36. The molecule has 0 aliphatic heterocycles. The molecular formula is C16H31NO. The van der Waals surface area contributed by atoms with E-state index in [1.54, 1.807) is 0 Å². The summed E-state index contributed by atoms with van der Waals surface area (Å²) < 4.78 is 0. The molecule has 0 saturated heterocycles. The van der Waals surface area contributed by atoms with Crippen molar-refractivity contribution in [1.29, 1.82) is 0 Å². The van der Waals surface area contributed by atoms with E-state index in [9.17, 15) is 5.11 Å². The maximum Gasteiger partial charge on any atom is 0.0631 e. The highest BCUT2D eigenvalue weighted by molar-refractivity contribution is 4.90. The Bertz CT molecular complexity index is 258. The number of hydrogen-bond acceptors (Lipinski definition) is 2. The highest BCUT2D eigenvalue weighted by Crippen LogP contribution is 2.39. The zero-order valence-corrected chi connectivity index (χ0v) is 12.5. The molecule has 2 aliphatic rings. The number of nitrogens with zero attached hydrogens (tertiary/aromatic N) is 1. The van der Waals surface area contributed by atoms with Gasteiger partial charge in [-0.05, 0) is 44.1 Å². The second kappa shape index (κ2) is 5.92. The van der Waals surface area contributed by atoms with Crippen LogP contribution < -0.4 is 0 Å². The number of aliphatic hydroxyl groups excluding tert-OH is 1. The summed E-state index contributed by atoms with van der Waals surface area (Å²) in [7, 11) is 2.27. The summed E-state index contributed by atoms with van der Waals surface area (Å²) in [5.41, 5.74) is 0.121. The van der Waals surface area contributed by atoms with Gasteiger partial charge in [-0.2, -0.15) is 0 Å². The first kappa shape index (κ1) is 14.3. The zero-order valence-electron chi connectivity index (χ0n) is 12.5. The maximum absolute atomic E-state index is 10.5. The summed E-state index contributed by atoms with van der Waals surface area (Å²) in [5, 5.41) is 10.5. The Morgan fingerprint density at radius 1 is 1.06 bits per heavy atom. The van der Waals surface area contributed by atoms with E-state index >= 15 is 0 Å². The lowest BCUT2D eigenvalue weighted by molar-refractivity contribution is -0.0453. The van der Waals surface area contributed by atoms with E-state index in [1.165, 1.54) is 51.4 Å². The number of hydrogen-bond donors (Lipinski definition) is 1. The molecule has 2 fully saturated rings. The fraction of sp³-hybridized carbons (Fsp3) is 1.00. The van der Waals surface area contributed by atoms with Crippen molar-refractivity contribution < 1.29 is 5.11 Å². The Hall–Kier alpha value is -0.0800. The average Bonchev–Trinajstić information content (AvgIpc) is 2.36. The largest absolute Gasteiger partial charge is 0.392 e. The van der Waals surface area contributed by atoms with Gasteiger partial charge in [0.15, 0.2) is 0 Å². The molecule has 1 N–H and O–H groups in total. The fourth-order valence-corrected chi connectivity index (χ4v) is 4.00. The second-order valence-electron chi connectivity index (χ2n) is 7.32. The molecule has 0 heterocycles. The minimum atomic E-state index is -0.114. The van der Waals surface area contributed by atoms with Gasteiger partial charge < -0.3 is 10.0 Å². The van der Waals surface area contributed by atoms with Gasteiger partial charge in [0.25, 0.3) is 0 Å². The third kappa shape index (κ3) is 3.27. The van der Waals surface area contributed by atoms with E-state index in [0.717, 1.165) is 12.6 Å². The predicted octanol–water partition coefficient (Wildman–Crippen LogP) is 3.44. The van der Waals surface area contributed by atoms with Crippen LogP contribution in [0.4, 0.5) is 0 Å². The third-order valence-corrected chi connectivity index (χ3v) is 5.36. The van der Waals surface area contributed by atoms with Crippen molar-refractivity contribution in [3.8, 4) is 0 Å². The molecule has 0 amide bonds. The highest BCUT2D eigenvalue weighted by Gasteiger charge is 2.38. The molecule has 2 saturated carbocycles. The lowest BCUT2D eigenvalue weighted by Crippen LogP contribution is -2.46. The Morgan fingerprint density at radius 2 is 1.72 bits per heavy atom. The maximum atomic E-state index is 10.5. The minimum absolute atomic E-state index is 0.114. The first-order valence-electron chi connectivity index (χ1n) is 7.89. The van der Waals surface area contributed by atoms with Crippen LogP contribution in [0.1, 0.15) is 65.2 Å². The fourth-order valence-electron chi connectivity index (χ4n) is 4.00. The van der Waals surface area contributed by atoms with Crippen molar-refractivity contribution in [3.63, 3.8) is 0 Å². The molecule has 0 bridgehead atoms. The lowest BCUT2D eigenvalue weighted by Gasteiger charge is -2.43. The van der Waals surface area contributed by atoms with Gasteiger partial charge >= 0.3 is 0 Å². The summed E-state index contributed by atoms with van der Waals surface area (Å²) in [6, 6.07) is 0.774. The van der Waals surface area contributed by atoms with Gasteiger partial charge in [0, 0.05) is 12.6 Å². The van der Waals surface area contributed by atoms with Crippen molar-refractivity contribution in [2.75, 3.05) is 13.6 Å². The van der Waals surface area contributed by atoms with Crippen LogP contribution in [0.25, 0.3) is 0 Å². The summed E-state index contributed by atoms with van der Waals surface area (Å²) in [6.45, 7) is 5.55. The molecule has 2 atom stereocenters. The van der Waals surface area contributed by atoms with Crippen LogP contribution >= 0.6 is 0 Å². The van der Waals surface area contributed by atoms with Gasteiger partial charge in [-0.15, -0.1) is 0 Å². The summed E-state index contributed by atoms with van der Waals surface area (Å²) in [5.74, 6) is 0.487. The van der Waals surface area contributed by atoms with E-state index in [0.29, 0.717) is 5.92 Å². The van der Waals surface area contributed by atoms with E-state index < -0.39 is 0 Å². The first-order valence-corrected chi connectivity index (χ1v) is 7.89. The van der Waals surface area contributed by atoms with Crippen LogP contribution in [0.15, 0.2) is 0 Å². The molecular weight excluding hydrogens is 222 g/mol. The SMILES string of the molecule is CN(CC1CCCC(C)(C)C1O)C1CCCCC1. The Morgan fingerprint density at radius 3 is 2.39 bits per heavy atom. The minimum Gasteiger partial charge on any atom is -0.392 e. The topological polar surface area (TPSA) is 23.5 Å². The zero-order chi connectivity index (χ0) is 13.2. The summed E-state index contributed by atoms with van der Waals surface area (Å²) >= 11 is 0. The van der Waals surface area contributed by atoms with Gasteiger partial charge in [0.1, 0.15) is 0 Å². The molecule has 2 aliphatic carbocycles. The van der Waals surface area contributed by atoms with Crippen LogP contribution in [0.2, 0.25) is 0 Å². The molecule has 0 aromatic rings. The van der Waals surface area contributed by atoms with Crippen LogP contribution in [0.5, 0.6) is 0 Å². The lowest BCUT2D eigenvalue weighted by atomic mass is 9.69.